The van der Waals surface area contributed by atoms with Crippen LogP contribution in [-0.2, 0) is 16.0 Å². The van der Waals surface area contributed by atoms with E-state index < -0.39 is 0 Å². The van der Waals surface area contributed by atoms with Gasteiger partial charge in [0.05, 0.1) is 0 Å². The van der Waals surface area contributed by atoms with Crippen LogP contribution in [-0.4, -0.2) is 35.3 Å². The van der Waals surface area contributed by atoms with Crippen LogP contribution in [0.4, 0.5) is 5.69 Å². The van der Waals surface area contributed by atoms with Crippen molar-refractivity contribution in [2.45, 2.75) is 58.0 Å². The molecule has 1 aliphatic carbocycles. The smallest absolute Gasteiger partial charge is 0.246 e. The summed E-state index contributed by atoms with van der Waals surface area (Å²) in [5.74, 6) is 0.0555. The average Bonchev–Trinajstić information content (AvgIpc) is 3.10. The van der Waals surface area contributed by atoms with Crippen molar-refractivity contribution < 1.29 is 9.59 Å². The monoisotopic (exact) mass is 300 g/mol. The van der Waals surface area contributed by atoms with Gasteiger partial charge < -0.3 is 9.80 Å². The van der Waals surface area contributed by atoms with Crippen molar-refractivity contribution in [1.82, 2.24) is 4.90 Å². The van der Waals surface area contributed by atoms with Crippen LogP contribution in [0.15, 0.2) is 24.3 Å². The number of anilines is 1. The van der Waals surface area contributed by atoms with Crippen LogP contribution in [0, 0.1) is 0 Å². The zero-order chi connectivity index (χ0) is 15.7. The predicted molar refractivity (Wildman–Crippen MR) is 86.7 cm³/mol. The molecule has 3 rings (SSSR count). The first-order chi connectivity index (χ1) is 10.6. The highest BCUT2D eigenvalue weighted by Crippen LogP contribution is 2.32. The van der Waals surface area contributed by atoms with E-state index in [9.17, 15) is 9.59 Å². The summed E-state index contributed by atoms with van der Waals surface area (Å²) in [6.07, 6.45) is 5.26. The molecule has 0 bridgehead atoms. The molecule has 1 atom stereocenters. The van der Waals surface area contributed by atoms with Crippen molar-refractivity contribution in [3.63, 3.8) is 0 Å². The summed E-state index contributed by atoms with van der Waals surface area (Å²) in [5, 5.41) is 0. The maximum Gasteiger partial charge on any atom is 0.246 e. The molecule has 118 valence electrons. The van der Waals surface area contributed by atoms with Gasteiger partial charge in [-0.05, 0) is 37.8 Å². The summed E-state index contributed by atoms with van der Waals surface area (Å²) in [6, 6.07) is 8.48. The van der Waals surface area contributed by atoms with Crippen LogP contribution in [0.2, 0.25) is 0 Å². The van der Waals surface area contributed by atoms with Gasteiger partial charge in [-0.15, -0.1) is 0 Å². The summed E-state index contributed by atoms with van der Waals surface area (Å²) in [7, 11) is 0. The van der Waals surface area contributed by atoms with E-state index in [0.29, 0.717) is 0 Å². The van der Waals surface area contributed by atoms with Crippen LogP contribution >= 0.6 is 0 Å². The Labute approximate surface area is 132 Å². The predicted octanol–water partition coefficient (Wildman–Crippen LogP) is 2.76. The lowest BCUT2D eigenvalue weighted by Crippen LogP contribution is -2.47. The minimum atomic E-state index is 0.0142. The molecule has 1 saturated carbocycles. The topological polar surface area (TPSA) is 40.6 Å². The SMILES string of the molecule is CC(=O)N(CC(=O)N1c2ccccc2CC1C)C1CCCC1. The molecule has 1 aromatic carbocycles. The molecule has 4 heteroatoms. The molecule has 4 nitrogen and oxygen atoms in total. The van der Waals surface area contributed by atoms with Crippen molar-refractivity contribution in [2.24, 2.45) is 0 Å². The van der Waals surface area contributed by atoms with E-state index in [1.54, 1.807) is 11.8 Å². The lowest BCUT2D eigenvalue weighted by Gasteiger charge is -2.31. The molecule has 0 radical (unpaired) electrons. The second-order valence-corrected chi connectivity index (χ2v) is 6.53. The van der Waals surface area contributed by atoms with Crippen molar-refractivity contribution in [3.05, 3.63) is 29.8 Å². The zero-order valence-corrected chi connectivity index (χ0v) is 13.4. The molecule has 1 aliphatic heterocycles. The highest BCUT2D eigenvalue weighted by Gasteiger charge is 2.33. The Balaban J connectivity index is 1.77. The van der Waals surface area contributed by atoms with Crippen molar-refractivity contribution in [1.29, 1.82) is 0 Å². The third-order valence-electron chi connectivity index (χ3n) is 4.95. The van der Waals surface area contributed by atoms with Crippen molar-refractivity contribution in [3.8, 4) is 0 Å². The number of benzene rings is 1. The quantitative estimate of drug-likeness (QED) is 0.861. The highest BCUT2D eigenvalue weighted by atomic mass is 16.2. The maximum absolute atomic E-state index is 12.8. The van der Waals surface area contributed by atoms with E-state index in [2.05, 4.69) is 13.0 Å². The Hall–Kier alpha value is -1.84. The van der Waals surface area contributed by atoms with Gasteiger partial charge in [0.15, 0.2) is 0 Å². The van der Waals surface area contributed by atoms with Crippen LogP contribution in [0.25, 0.3) is 0 Å². The van der Waals surface area contributed by atoms with Crippen LogP contribution < -0.4 is 4.90 Å². The zero-order valence-electron chi connectivity index (χ0n) is 13.4. The van der Waals surface area contributed by atoms with Gasteiger partial charge in [0, 0.05) is 24.7 Å². The lowest BCUT2D eigenvalue weighted by molar-refractivity contribution is -0.135. The fraction of sp³-hybridized carbons (Fsp3) is 0.556. The number of carbonyl (C=O) groups excluding carboxylic acids is 2. The molecule has 1 heterocycles. The van der Waals surface area contributed by atoms with Crippen LogP contribution in [0.5, 0.6) is 0 Å². The molecule has 0 aromatic heterocycles. The lowest BCUT2D eigenvalue weighted by atomic mass is 10.1. The molecule has 1 aromatic rings. The first kappa shape index (κ1) is 15.1. The summed E-state index contributed by atoms with van der Waals surface area (Å²) < 4.78 is 0. The Morgan fingerprint density at radius 3 is 2.59 bits per heavy atom. The molecule has 0 N–H and O–H groups in total. The summed E-state index contributed by atoms with van der Waals surface area (Å²) in [6.45, 7) is 3.86. The van der Waals surface area contributed by atoms with Gasteiger partial charge in [-0.3, -0.25) is 9.59 Å². The maximum atomic E-state index is 12.8. The molecule has 2 aliphatic rings. The van der Waals surface area contributed by atoms with Crippen LogP contribution in [0.1, 0.15) is 45.1 Å². The Morgan fingerprint density at radius 1 is 1.23 bits per heavy atom. The largest absolute Gasteiger partial charge is 0.331 e. The molecule has 1 unspecified atom stereocenters. The van der Waals surface area contributed by atoms with Gasteiger partial charge in [0.2, 0.25) is 11.8 Å². The van der Waals surface area contributed by atoms with Gasteiger partial charge in [-0.25, -0.2) is 0 Å². The van der Waals surface area contributed by atoms with E-state index in [1.165, 1.54) is 5.56 Å². The average molecular weight is 300 g/mol. The van der Waals surface area contributed by atoms with E-state index in [4.69, 9.17) is 0 Å². The molecule has 0 saturated heterocycles. The second kappa shape index (κ2) is 6.11. The molecule has 1 fully saturated rings. The fourth-order valence-corrected chi connectivity index (χ4v) is 3.88. The van der Waals surface area contributed by atoms with E-state index >= 15 is 0 Å². The first-order valence-corrected chi connectivity index (χ1v) is 8.25. The van der Waals surface area contributed by atoms with Gasteiger partial charge in [-0.2, -0.15) is 0 Å². The number of hydrogen-bond donors (Lipinski definition) is 0. The van der Waals surface area contributed by atoms with Gasteiger partial charge in [0.25, 0.3) is 0 Å². The number of rotatable bonds is 3. The Kier molecular flexibility index (Phi) is 4.19. The number of amides is 2. The van der Waals surface area contributed by atoms with Crippen LogP contribution in [0.3, 0.4) is 0 Å². The number of fused-ring (bicyclic) bond motifs is 1. The standard InChI is InChI=1S/C18H24N2O2/c1-13-11-15-7-3-6-10-17(15)20(13)18(22)12-19(14(2)21)16-8-4-5-9-16/h3,6-7,10,13,16H,4-5,8-9,11-12H2,1-2H3. The summed E-state index contributed by atoms with van der Waals surface area (Å²) >= 11 is 0. The molecule has 2 amide bonds. The Bertz CT molecular complexity index is 578. The third kappa shape index (κ3) is 2.74. The van der Waals surface area contributed by atoms with Gasteiger partial charge in [-0.1, -0.05) is 31.0 Å². The van der Waals surface area contributed by atoms with E-state index in [0.717, 1.165) is 37.8 Å². The summed E-state index contributed by atoms with van der Waals surface area (Å²) in [4.78, 5) is 28.4. The van der Waals surface area contributed by atoms with E-state index in [1.807, 2.05) is 23.1 Å². The number of para-hydroxylation sites is 1. The number of carbonyl (C=O) groups is 2. The number of hydrogen-bond acceptors (Lipinski definition) is 2. The molecule has 22 heavy (non-hydrogen) atoms. The highest BCUT2D eigenvalue weighted by molar-refractivity contribution is 5.98. The minimum Gasteiger partial charge on any atom is -0.331 e. The first-order valence-electron chi connectivity index (χ1n) is 8.25. The Morgan fingerprint density at radius 2 is 1.91 bits per heavy atom. The molecular formula is C18H24N2O2. The third-order valence-corrected chi connectivity index (χ3v) is 4.95. The van der Waals surface area contributed by atoms with Crippen molar-refractivity contribution >= 4 is 17.5 Å². The fourth-order valence-electron chi connectivity index (χ4n) is 3.88. The van der Waals surface area contributed by atoms with E-state index in [-0.39, 0.29) is 30.4 Å². The molecule has 0 spiro atoms. The summed E-state index contributed by atoms with van der Waals surface area (Å²) in [5.41, 5.74) is 2.23. The van der Waals surface area contributed by atoms with Gasteiger partial charge in [0.1, 0.15) is 6.54 Å². The normalized spacial score (nSPS) is 21.0. The number of nitrogens with zero attached hydrogens (tertiary/aromatic N) is 2. The van der Waals surface area contributed by atoms with Gasteiger partial charge >= 0.3 is 0 Å². The minimum absolute atomic E-state index is 0.0142. The van der Waals surface area contributed by atoms with Crippen molar-refractivity contribution in [2.75, 3.05) is 11.4 Å². The molecular weight excluding hydrogens is 276 g/mol. The second-order valence-electron chi connectivity index (χ2n) is 6.53.